The van der Waals surface area contributed by atoms with Crippen molar-refractivity contribution in [3.05, 3.63) is 71.6 Å². The first-order chi connectivity index (χ1) is 12.1. The van der Waals surface area contributed by atoms with Gasteiger partial charge in [0.25, 0.3) is 5.91 Å². The van der Waals surface area contributed by atoms with Crippen molar-refractivity contribution < 1.29 is 18.7 Å². The zero-order valence-electron chi connectivity index (χ0n) is 13.2. The Balaban J connectivity index is 1.80. The second-order valence-corrected chi connectivity index (χ2v) is 5.04. The molecule has 0 radical (unpaired) electrons. The molecule has 0 bridgehead atoms. The highest BCUT2D eigenvalue weighted by molar-refractivity contribution is 5.94. The SMILES string of the molecule is N#CCc1ccc(NC(=O)COC(=O)/C=C/c2ccccc2F)cc1. The van der Waals surface area contributed by atoms with Gasteiger partial charge in [0, 0.05) is 17.3 Å². The van der Waals surface area contributed by atoms with Crippen LogP contribution in [0.1, 0.15) is 11.1 Å². The van der Waals surface area contributed by atoms with E-state index in [1.54, 1.807) is 36.4 Å². The van der Waals surface area contributed by atoms with Gasteiger partial charge in [0.2, 0.25) is 0 Å². The Morgan fingerprint density at radius 2 is 1.88 bits per heavy atom. The van der Waals surface area contributed by atoms with Crippen molar-refractivity contribution in [1.82, 2.24) is 0 Å². The number of nitriles is 1. The molecule has 126 valence electrons. The number of esters is 1. The number of anilines is 1. The van der Waals surface area contributed by atoms with E-state index in [1.807, 2.05) is 6.07 Å². The van der Waals surface area contributed by atoms with E-state index in [4.69, 9.17) is 10.00 Å². The number of ether oxygens (including phenoxy) is 1. The highest BCUT2D eigenvalue weighted by Crippen LogP contribution is 2.10. The molecule has 0 atom stereocenters. The van der Waals surface area contributed by atoms with Crippen LogP contribution in [0.4, 0.5) is 10.1 Å². The standard InChI is InChI=1S/C19H15FN2O3/c20-17-4-2-1-3-15(17)7-10-19(24)25-13-18(23)22-16-8-5-14(6-9-16)11-12-21/h1-10H,11,13H2,(H,22,23)/b10-7+. The number of amides is 1. The summed E-state index contributed by atoms with van der Waals surface area (Å²) < 4.78 is 18.2. The first-order valence-corrected chi connectivity index (χ1v) is 7.43. The molecule has 0 spiro atoms. The van der Waals surface area contributed by atoms with E-state index in [0.717, 1.165) is 11.6 Å². The van der Waals surface area contributed by atoms with Crippen LogP contribution in [0.2, 0.25) is 0 Å². The van der Waals surface area contributed by atoms with Crippen molar-refractivity contribution in [1.29, 1.82) is 5.26 Å². The molecule has 2 rings (SSSR count). The molecule has 0 fully saturated rings. The molecule has 0 unspecified atom stereocenters. The number of hydrogen-bond donors (Lipinski definition) is 1. The van der Waals surface area contributed by atoms with Gasteiger partial charge in [-0.25, -0.2) is 9.18 Å². The Bertz CT molecular complexity index is 823. The minimum absolute atomic E-state index is 0.251. The molecule has 0 saturated heterocycles. The van der Waals surface area contributed by atoms with Gasteiger partial charge >= 0.3 is 5.97 Å². The minimum Gasteiger partial charge on any atom is -0.452 e. The van der Waals surface area contributed by atoms with Crippen molar-refractivity contribution in [2.45, 2.75) is 6.42 Å². The predicted octanol–water partition coefficient (Wildman–Crippen LogP) is 3.09. The smallest absolute Gasteiger partial charge is 0.331 e. The van der Waals surface area contributed by atoms with Crippen LogP contribution < -0.4 is 5.32 Å². The number of carbonyl (C=O) groups is 2. The van der Waals surface area contributed by atoms with Crippen LogP contribution >= 0.6 is 0 Å². The lowest BCUT2D eigenvalue weighted by Gasteiger charge is -2.06. The number of nitrogens with one attached hydrogen (secondary N) is 1. The summed E-state index contributed by atoms with van der Waals surface area (Å²) in [6, 6.07) is 14.8. The molecule has 6 heteroatoms. The second kappa shape index (κ2) is 8.99. The summed E-state index contributed by atoms with van der Waals surface area (Å²) >= 11 is 0. The number of halogens is 1. The molecule has 0 aromatic heterocycles. The Labute approximate surface area is 144 Å². The largest absolute Gasteiger partial charge is 0.452 e. The van der Waals surface area contributed by atoms with E-state index in [9.17, 15) is 14.0 Å². The van der Waals surface area contributed by atoms with Gasteiger partial charge in [-0.15, -0.1) is 0 Å². The van der Waals surface area contributed by atoms with Crippen LogP contribution in [0.5, 0.6) is 0 Å². The van der Waals surface area contributed by atoms with E-state index in [1.165, 1.54) is 18.2 Å². The van der Waals surface area contributed by atoms with E-state index < -0.39 is 24.3 Å². The number of benzene rings is 2. The zero-order valence-corrected chi connectivity index (χ0v) is 13.2. The minimum atomic E-state index is -0.747. The van der Waals surface area contributed by atoms with E-state index >= 15 is 0 Å². The van der Waals surface area contributed by atoms with Gasteiger partial charge in [0.15, 0.2) is 6.61 Å². The van der Waals surface area contributed by atoms with Crippen molar-refractivity contribution in [3.8, 4) is 6.07 Å². The van der Waals surface area contributed by atoms with Crippen molar-refractivity contribution >= 4 is 23.6 Å². The average molecular weight is 338 g/mol. The lowest BCUT2D eigenvalue weighted by atomic mass is 10.1. The van der Waals surface area contributed by atoms with Crippen LogP contribution in [0, 0.1) is 17.1 Å². The summed E-state index contributed by atoms with van der Waals surface area (Å²) in [7, 11) is 0. The van der Waals surface area contributed by atoms with Gasteiger partial charge in [-0.2, -0.15) is 5.26 Å². The normalized spacial score (nSPS) is 10.2. The molecule has 0 aliphatic heterocycles. The maximum atomic E-state index is 13.4. The number of nitrogens with zero attached hydrogens (tertiary/aromatic N) is 1. The maximum Gasteiger partial charge on any atom is 0.331 e. The van der Waals surface area contributed by atoms with Crippen molar-refractivity contribution in [3.63, 3.8) is 0 Å². The molecular formula is C19H15FN2O3. The fraction of sp³-hybridized carbons (Fsp3) is 0.105. The van der Waals surface area contributed by atoms with E-state index in [0.29, 0.717) is 12.1 Å². The van der Waals surface area contributed by atoms with E-state index in [2.05, 4.69) is 5.32 Å². The molecule has 1 N–H and O–H groups in total. The summed E-state index contributed by atoms with van der Waals surface area (Å²) in [5.74, 6) is -1.70. The first-order valence-electron chi connectivity index (χ1n) is 7.43. The Hall–Kier alpha value is -3.46. The summed E-state index contributed by atoms with van der Waals surface area (Å²) in [6.07, 6.45) is 2.63. The van der Waals surface area contributed by atoms with Crippen molar-refractivity contribution in [2.24, 2.45) is 0 Å². The first kappa shape index (κ1) is 17.9. The number of hydrogen-bond acceptors (Lipinski definition) is 4. The van der Waals surface area contributed by atoms with E-state index in [-0.39, 0.29) is 5.56 Å². The number of rotatable bonds is 6. The topological polar surface area (TPSA) is 79.2 Å². The van der Waals surface area contributed by atoms with Crippen LogP contribution in [0.3, 0.4) is 0 Å². The third kappa shape index (κ3) is 5.92. The van der Waals surface area contributed by atoms with Gasteiger partial charge in [0.1, 0.15) is 5.82 Å². The van der Waals surface area contributed by atoms with Crippen molar-refractivity contribution in [2.75, 3.05) is 11.9 Å². The van der Waals surface area contributed by atoms with Crippen LogP contribution in [-0.4, -0.2) is 18.5 Å². The Kier molecular flexibility index (Phi) is 6.43. The monoisotopic (exact) mass is 338 g/mol. The summed E-state index contributed by atoms with van der Waals surface area (Å²) in [5.41, 5.74) is 1.62. The second-order valence-electron chi connectivity index (χ2n) is 5.04. The van der Waals surface area contributed by atoms with Gasteiger partial charge in [-0.1, -0.05) is 30.3 Å². The van der Waals surface area contributed by atoms with Crippen LogP contribution in [0.15, 0.2) is 54.6 Å². The Morgan fingerprint density at radius 1 is 1.16 bits per heavy atom. The summed E-state index contributed by atoms with van der Waals surface area (Å²) in [6.45, 7) is -0.458. The summed E-state index contributed by atoms with van der Waals surface area (Å²) in [5, 5.41) is 11.2. The quantitative estimate of drug-likeness (QED) is 0.648. The molecule has 0 aliphatic carbocycles. The Morgan fingerprint density at radius 3 is 2.56 bits per heavy atom. The molecule has 0 aliphatic rings. The summed E-state index contributed by atoms with van der Waals surface area (Å²) in [4.78, 5) is 23.3. The third-order valence-electron chi connectivity index (χ3n) is 3.17. The van der Waals surface area contributed by atoms with Gasteiger partial charge < -0.3 is 10.1 Å². The third-order valence-corrected chi connectivity index (χ3v) is 3.17. The fourth-order valence-corrected chi connectivity index (χ4v) is 1.95. The molecule has 0 heterocycles. The fourth-order valence-electron chi connectivity index (χ4n) is 1.95. The lowest BCUT2D eigenvalue weighted by molar-refractivity contribution is -0.142. The molecule has 2 aromatic rings. The lowest BCUT2D eigenvalue weighted by Crippen LogP contribution is -2.20. The predicted molar refractivity (Wildman–Crippen MR) is 90.8 cm³/mol. The highest BCUT2D eigenvalue weighted by Gasteiger charge is 2.06. The molecule has 5 nitrogen and oxygen atoms in total. The molecule has 1 amide bonds. The molecule has 2 aromatic carbocycles. The number of carbonyl (C=O) groups excluding carboxylic acids is 2. The zero-order chi connectivity index (χ0) is 18.1. The van der Waals surface area contributed by atoms with Crippen LogP contribution in [0.25, 0.3) is 6.08 Å². The molecule has 0 saturated carbocycles. The maximum absolute atomic E-state index is 13.4. The van der Waals surface area contributed by atoms with Crippen LogP contribution in [-0.2, 0) is 20.7 Å². The van der Waals surface area contributed by atoms with Gasteiger partial charge in [-0.05, 0) is 29.8 Å². The van der Waals surface area contributed by atoms with Gasteiger partial charge in [0.05, 0.1) is 12.5 Å². The van der Waals surface area contributed by atoms with Gasteiger partial charge in [-0.3, -0.25) is 4.79 Å². The molecule has 25 heavy (non-hydrogen) atoms. The highest BCUT2D eigenvalue weighted by atomic mass is 19.1. The molecular weight excluding hydrogens is 323 g/mol. The average Bonchev–Trinajstić information content (AvgIpc) is 2.61.